The van der Waals surface area contributed by atoms with Crippen LogP contribution in [0.3, 0.4) is 0 Å². The Hall–Kier alpha value is -1.36. The van der Waals surface area contributed by atoms with Crippen molar-refractivity contribution in [1.82, 2.24) is 10.3 Å². The molecule has 0 saturated heterocycles. The van der Waals surface area contributed by atoms with Gasteiger partial charge in [0.1, 0.15) is 11.6 Å². The lowest BCUT2D eigenvalue weighted by Crippen LogP contribution is -2.15. The van der Waals surface area contributed by atoms with Crippen LogP contribution >= 0.6 is 23.2 Å². The number of nitrogens with one attached hydrogen (secondary N) is 1. The summed E-state index contributed by atoms with van der Waals surface area (Å²) in [6.07, 6.45) is 3.94. The van der Waals surface area contributed by atoms with Gasteiger partial charge in [0.25, 0.3) is 0 Å². The van der Waals surface area contributed by atoms with Crippen molar-refractivity contribution < 1.29 is 9.13 Å². The maximum Gasteiger partial charge on any atom is 0.219 e. The molecule has 1 heterocycles. The maximum absolute atomic E-state index is 13.4. The fourth-order valence-corrected chi connectivity index (χ4v) is 2.14. The second-order valence-corrected chi connectivity index (χ2v) is 5.76. The Labute approximate surface area is 132 Å². The lowest BCUT2D eigenvalue weighted by atomic mass is 10.2. The highest BCUT2D eigenvalue weighted by Crippen LogP contribution is 2.27. The Morgan fingerprint density at radius 1 is 1.24 bits per heavy atom. The normalized spacial score (nSPS) is 14.2. The Kier molecular flexibility index (Phi) is 4.29. The number of benzene rings is 1. The highest BCUT2D eigenvalue weighted by molar-refractivity contribution is 6.31. The number of rotatable bonds is 5. The molecule has 1 saturated carbocycles. The van der Waals surface area contributed by atoms with Crippen molar-refractivity contribution in [2.24, 2.45) is 0 Å². The van der Waals surface area contributed by atoms with Gasteiger partial charge in [-0.2, -0.15) is 0 Å². The fourth-order valence-electron chi connectivity index (χ4n) is 1.85. The molecule has 6 heteroatoms. The molecular formula is C15H13Cl2FN2O. The van der Waals surface area contributed by atoms with E-state index in [1.54, 1.807) is 12.1 Å². The zero-order valence-electron chi connectivity index (χ0n) is 11.1. The van der Waals surface area contributed by atoms with E-state index in [2.05, 4.69) is 10.3 Å². The van der Waals surface area contributed by atoms with Crippen molar-refractivity contribution in [3.63, 3.8) is 0 Å². The highest BCUT2D eigenvalue weighted by Gasteiger charge is 2.20. The SMILES string of the molecule is Fc1cc(Oc2cc(CNC3CC3)c(Cl)cn2)ccc1Cl. The van der Waals surface area contributed by atoms with Crippen LogP contribution in [-0.4, -0.2) is 11.0 Å². The minimum Gasteiger partial charge on any atom is -0.439 e. The highest BCUT2D eigenvalue weighted by atomic mass is 35.5. The summed E-state index contributed by atoms with van der Waals surface area (Å²) in [5, 5.41) is 4.01. The first-order chi connectivity index (χ1) is 10.1. The van der Waals surface area contributed by atoms with E-state index < -0.39 is 5.82 Å². The third kappa shape index (κ3) is 3.84. The van der Waals surface area contributed by atoms with E-state index in [9.17, 15) is 4.39 Å². The molecule has 1 aromatic carbocycles. The molecule has 21 heavy (non-hydrogen) atoms. The summed E-state index contributed by atoms with van der Waals surface area (Å²) in [7, 11) is 0. The van der Waals surface area contributed by atoms with Crippen molar-refractivity contribution in [2.45, 2.75) is 25.4 Å². The quantitative estimate of drug-likeness (QED) is 0.873. The molecule has 0 amide bonds. The third-order valence-corrected chi connectivity index (χ3v) is 3.83. The van der Waals surface area contributed by atoms with Crippen LogP contribution in [-0.2, 0) is 6.54 Å². The van der Waals surface area contributed by atoms with Crippen molar-refractivity contribution in [2.75, 3.05) is 0 Å². The zero-order chi connectivity index (χ0) is 14.8. The summed E-state index contributed by atoms with van der Waals surface area (Å²) >= 11 is 11.7. The van der Waals surface area contributed by atoms with Gasteiger partial charge in [-0.15, -0.1) is 0 Å². The topological polar surface area (TPSA) is 34.1 Å². The van der Waals surface area contributed by atoms with Crippen LogP contribution in [0.1, 0.15) is 18.4 Å². The lowest BCUT2D eigenvalue weighted by Gasteiger charge is -2.09. The van der Waals surface area contributed by atoms with Crippen LogP contribution in [0.15, 0.2) is 30.5 Å². The molecule has 3 rings (SSSR count). The third-order valence-electron chi connectivity index (χ3n) is 3.18. The van der Waals surface area contributed by atoms with Crippen molar-refractivity contribution in [3.8, 4) is 11.6 Å². The van der Waals surface area contributed by atoms with E-state index >= 15 is 0 Å². The van der Waals surface area contributed by atoms with Gasteiger partial charge in [-0.25, -0.2) is 9.37 Å². The zero-order valence-corrected chi connectivity index (χ0v) is 12.6. The number of halogens is 3. The predicted molar refractivity (Wildman–Crippen MR) is 80.6 cm³/mol. The summed E-state index contributed by atoms with van der Waals surface area (Å²) in [5.74, 6) is 0.181. The molecule has 1 aliphatic carbocycles. The molecule has 0 atom stereocenters. The molecule has 3 nitrogen and oxygen atoms in total. The Bertz CT molecular complexity index is 662. The molecular weight excluding hydrogens is 314 g/mol. The van der Waals surface area contributed by atoms with Gasteiger partial charge in [0.15, 0.2) is 0 Å². The van der Waals surface area contributed by atoms with E-state index in [-0.39, 0.29) is 5.02 Å². The summed E-state index contributed by atoms with van der Waals surface area (Å²) in [6.45, 7) is 0.664. The van der Waals surface area contributed by atoms with Crippen LogP contribution in [0.25, 0.3) is 0 Å². The molecule has 2 aromatic rings. The van der Waals surface area contributed by atoms with Gasteiger partial charge in [-0.05, 0) is 30.5 Å². The lowest BCUT2D eigenvalue weighted by molar-refractivity contribution is 0.457. The van der Waals surface area contributed by atoms with Crippen molar-refractivity contribution in [1.29, 1.82) is 0 Å². The first-order valence-corrected chi connectivity index (χ1v) is 7.38. The number of aromatic nitrogens is 1. The Morgan fingerprint density at radius 3 is 2.76 bits per heavy atom. The number of nitrogens with zero attached hydrogens (tertiary/aromatic N) is 1. The smallest absolute Gasteiger partial charge is 0.219 e. The first-order valence-electron chi connectivity index (χ1n) is 6.62. The molecule has 1 N–H and O–H groups in total. The average Bonchev–Trinajstić information content (AvgIpc) is 3.28. The fraction of sp³-hybridized carbons (Fsp3) is 0.267. The van der Waals surface area contributed by atoms with Crippen LogP contribution in [0.5, 0.6) is 11.6 Å². The van der Waals surface area contributed by atoms with Crippen LogP contribution in [0.2, 0.25) is 10.0 Å². The molecule has 0 unspecified atom stereocenters. The van der Waals surface area contributed by atoms with Gasteiger partial charge in [-0.3, -0.25) is 0 Å². The van der Waals surface area contributed by atoms with Crippen molar-refractivity contribution >= 4 is 23.2 Å². The van der Waals surface area contributed by atoms with Gasteiger partial charge in [0.2, 0.25) is 5.88 Å². The molecule has 0 bridgehead atoms. The van der Waals surface area contributed by atoms with Crippen molar-refractivity contribution in [3.05, 3.63) is 51.9 Å². The molecule has 0 radical (unpaired) electrons. The molecule has 0 aliphatic heterocycles. The number of hydrogen-bond donors (Lipinski definition) is 1. The summed E-state index contributed by atoms with van der Waals surface area (Å²) in [6, 6.07) is 6.59. The van der Waals surface area contributed by atoms with Gasteiger partial charge >= 0.3 is 0 Å². The van der Waals surface area contributed by atoms with Gasteiger partial charge < -0.3 is 10.1 Å². The molecule has 1 fully saturated rings. The van der Waals surface area contributed by atoms with E-state index in [1.807, 2.05) is 0 Å². The second-order valence-electron chi connectivity index (χ2n) is 4.95. The average molecular weight is 327 g/mol. The van der Waals surface area contributed by atoms with E-state index in [0.717, 1.165) is 5.56 Å². The van der Waals surface area contributed by atoms with Crippen LogP contribution in [0.4, 0.5) is 4.39 Å². The van der Waals surface area contributed by atoms with Gasteiger partial charge in [-0.1, -0.05) is 23.2 Å². The molecule has 1 aromatic heterocycles. The van der Waals surface area contributed by atoms with E-state index in [0.29, 0.717) is 29.2 Å². The molecule has 0 spiro atoms. The second kappa shape index (κ2) is 6.18. The molecule has 110 valence electrons. The van der Waals surface area contributed by atoms with Crippen LogP contribution < -0.4 is 10.1 Å². The predicted octanol–water partition coefficient (Wildman–Crippen LogP) is 4.57. The molecule has 1 aliphatic rings. The van der Waals surface area contributed by atoms with E-state index in [4.69, 9.17) is 27.9 Å². The maximum atomic E-state index is 13.4. The summed E-state index contributed by atoms with van der Waals surface area (Å²) in [4.78, 5) is 4.09. The first kappa shape index (κ1) is 14.6. The Morgan fingerprint density at radius 2 is 2.05 bits per heavy atom. The number of pyridine rings is 1. The van der Waals surface area contributed by atoms with Crippen LogP contribution in [0, 0.1) is 5.82 Å². The monoisotopic (exact) mass is 326 g/mol. The summed E-state index contributed by atoms with van der Waals surface area (Å²) < 4.78 is 18.9. The minimum atomic E-state index is -0.529. The van der Waals surface area contributed by atoms with Gasteiger partial charge in [0.05, 0.1) is 10.0 Å². The Balaban J connectivity index is 1.74. The summed E-state index contributed by atoms with van der Waals surface area (Å²) in [5.41, 5.74) is 0.906. The minimum absolute atomic E-state index is 0.0562. The van der Waals surface area contributed by atoms with E-state index in [1.165, 1.54) is 31.2 Å². The largest absolute Gasteiger partial charge is 0.439 e. The van der Waals surface area contributed by atoms with Gasteiger partial charge in [0, 0.05) is 30.9 Å². The standard InChI is InChI=1S/C15H13Cl2FN2O/c16-12-4-3-11(6-14(12)18)21-15-5-9(13(17)8-20-15)7-19-10-1-2-10/h3-6,8,10,19H,1-2,7H2. The number of hydrogen-bond acceptors (Lipinski definition) is 3. The number of ether oxygens (including phenoxy) is 1.